The van der Waals surface area contributed by atoms with E-state index in [1.165, 1.54) is 28.0 Å². The molecule has 38 heavy (non-hydrogen) atoms. The lowest BCUT2D eigenvalue weighted by Gasteiger charge is -2.33. The Balaban J connectivity index is 0.000000244. The highest BCUT2D eigenvalue weighted by atomic mass is 19.1. The third-order valence-corrected chi connectivity index (χ3v) is 6.31. The third-order valence-electron chi connectivity index (χ3n) is 6.31. The van der Waals surface area contributed by atoms with Gasteiger partial charge in [-0.05, 0) is 45.7 Å². The van der Waals surface area contributed by atoms with Crippen LogP contribution >= 0.6 is 0 Å². The van der Waals surface area contributed by atoms with Crippen LogP contribution in [0, 0.1) is 28.6 Å². The average Bonchev–Trinajstić information content (AvgIpc) is 3.21. The van der Waals surface area contributed by atoms with Crippen LogP contribution in [0.15, 0.2) is 28.1 Å². The molecule has 3 heterocycles. The number of aryl methyl sites for hydroxylation is 2. The fraction of sp³-hybridized carbons (Fsp3) is 0.481. The number of halogens is 1. The van der Waals surface area contributed by atoms with Crippen LogP contribution in [0.1, 0.15) is 69.8 Å². The van der Waals surface area contributed by atoms with Crippen LogP contribution in [0.5, 0.6) is 0 Å². The van der Waals surface area contributed by atoms with Crippen molar-refractivity contribution in [2.75, 3.05) is 11.9 Å². The molecule has 0 aromatic carbocycles. The predicted molar refractivity (Wildman–Crippen MR) is 143 cm³/mol. The van der Waals surface area contributed by atoms with Gasteiger partial charge < -0.3 is 14.3 Å². The topological polar surface area (TPSA) is 125 Å². The minimum Gasteiger partial charge on any atom is -0.390 e. The standard InChI is InChI=1S/C18H19N5O.C9H14FN3O/c1-22(13-6-4-3-5-7-13)17-14(11-20)18(24)23(2)15-9-8-12(10-19)21-16(15)17;1-9(2,3)14-11-6-7-5-8(10)12-13(7)4/h8-9,13H,3-7H2,1-2H3;5-6H,1-4H3/b;11-6-. The first-order valence-corrected chi connectivity index (χ1v) is 12.4. The summed E-state index contributed by atoms with van der Waals surface area (Å²) in [5, 5.41) is 26.0. The summed E-state index contributed by atoms with van der Waals surface area (Å²) in [6.07, 6.45) is 7.03. The highest BCUT2D eigenvalue weighted by Crippen LogP contribution is 2.32. The molecule has 1 fully saturated rings. The molecule has 4 rings (SSSR count). The van der Waals surface area contributed by atoms with Gasteiger partial charge in [-0.2, -0.15) is 14.9 Å². The van der Waals surface area contributed by atoms with Gasteiger partial charge in [0.1, 0.15) is 34.5 Å². The molecular weight excluding hydrogens is 487 g/mol. The second kappa shape index (κ2) is 11.9. The van der Waals surface area contributed by atoms with Crippen LogP contribution in [0.3, 0.4) is 0 Å². The molecule has 0 N–H and O–H groups in total. The summed E-state index contributed by atoms with van der Waals surface area (Å²) in [4.78, 5) is 24.1. The van der Waals surface area contributed by atoms with Crippen LogP contribution in [0.2, 0.25) is 0 Å². The first-order valence-electron chi connectivity index (χ1n) is 12.4. The van der Waals surface area contributed by atoms with Gasteiger partial charge in [0.05, 0.1) is 23.1 Å². The zero-order valence-electron chi connectivity index (χ0n) is 22.7. The number of rotatable bonds is 4. The molecule has 3 aromatic heterocycles. The van der Waals surface area contributed by atoms with Gasteiger partial charge in [0, 0.05) is 33.3 Å². The Morgan fingerprint density at radius 1 is 1.18 bits per heavy atom. The average molecular weight is 521 g/mol. The Labute approximate surface area is 221 Å². The van der Waals surface area contributed by atoms with Crippen LogP contribution < -0.4 is 10.5 Å². The second-order valence-electron chi connectivity index (χ2n) is 10.2. The lowest BCUT2D eigenvalue weighted by molar-refractivity contribution is 0.00193. The summed E-state index contributed by atoms with van der Waals surface area (Å²) in [6.45, 7) is 5.65. The molecular formula is C27H33FN8O2. The van der Waals surface area contributed by atoms with Crippen molar-refractivity contribution in [3.8, 4) is 12.1 Å². The van der Waals surface area contributed by atoms with E-state index >= 15 is 0 Å². The molecule has 1 aliphatic rings. The number of oxime groups is 1. The van der Waals surface area contributed by atoms with Gasteiger partial charge in [-0.25, -0.2) is 4.98 Å². The highest BCUT2D eigenvalue weighted by molar-refractivity contribution is 5.92. The van der Waals surface area contributed by atoms with Gasteiger partial charge >= 0.3 is 0 Å². The Morgan fingerprint density at radius 3 is 2.42 bits per heavy atom. The van der Waals surface area contributed by atoms with E-state index in [1.807, 2.05) is 38.8 Å². The number of hydrogen-bond donors (Lipinski definition) is 0. The van der Waals surface area contributed by atoms with E-state index in [2.05, 4.69) is 21.3 Å². The van der Waals surface area contributed by atoms with Crippen LogP contribution in [-0.2, 0) is 18.9 Å². The normalized spacial score (nSPS) is 14.0. The minimum absolute atomic E-state index is 0.0978. The van der Waals surface area contributed by atoms with Gasteiger partial charge in [0.15, 0.2) is 0 Å². The number of fused-ring (bicyclic) bond motifs is 1. The van der Waals surface area contributed by atoms with Crippen molar-refractivity contribution in [3.05, 3.63) is 51.5 Å². The zero-order chi connectivity index (χ0) is 28.0. The molecule has 0 bridgehead atoms. The number of aromatic nitrogens is 4. The van der Waals surface area contributed by atoms with Crippen molar-refractivity contribution in [2.24, 2.45) is 19.3 Å². The lowest BCUT2D eigenvalue weighted by atomic mass is 9.93. The fourth-order valence-corrected chi connectivity index (χ4v) is 4.36. The molecule has 0 atom stereocenters. The first kappa shape index (κ1) is 28.3. The van der Waals surface area contributed by atoms with Crippen molar-refractivity contribution in [2.45, 2.75) is 64.5 Å². The van der Waals surface area contributed by atoms with E-state index in [1.54, 1.807) is 26.2 Å². The molecule has 0 aliphatic heterocycles. The largest absolute Gasteiger partial charge is 0.390 e. The van der Waals surface area contributed by atoms with E-state index in [0.717, 1.165) is 25.7 Å². The quantitative estimate of drug-likeness (QED) is 0.374. The van der Waals surface area contributed by atoms with E-state index in [0.29, 0.717) is 22.4 Å². The zero-order valence-corrected chi connectivity index (χ0v) is 22.7. The van der Waals surface area contributed by atoms with Crippen LogP contribution in [-0.4, -0.2) is 44.2 Å². The summed E-state index contributed by atoms with van der Waals surface area (Å²) in [6, 6.07) is 8.99. The molecule has 0 radical (unpaired) electrons. The smallest absolute Gasteiger partial charge is 0.270 e. The maximum atomic E-state index is 12.6. The van der Waals surface area contributed by atoms with Crippen molar-refractivity contribution >= 4 is 22.9 Å². The molecule has 200 valence electrons. The van der Waals surface area contributed by atoms with Crippen molar-refractivity contribution in [3.63, 3.8) is 0 Å². The van der Waals surface area contributed by atoms with Crippen LogP contribution in [0.25, 0.3) is 11.0 Å². The van der Waals surface area contributed by atoms with E-state index in [-0.39, 0.29) is 28.5 Å². The van der Waals surface area contributed by atoms with Gasteiger partial charge in [0.2, 0.25) is 5.95 Å². The number of anilines is 1. The third kappa shape index (κ3) is 6.54. The van der Waals surface area contributed by atoms with Gasteiger partial charge in [-0.15, -0.1) is 5.10 Å². The maximum absolute atomic E-state index is 12.6. The van der Waals surface area contributed by atoms with E-state index in [4.69, 9.17) is 10.1 Å². The summed E-state index contributed by atoms with van der Waals surface area (Å²) in [5.74, 6) is -0.523. The van der Waals surface area contributed by atoms with E-state index in [9.17, 15) is 14.4 Å². The number of nitrogens with zero attached hydrogens (tertiary/aromatic N) is 8. The number of pyridine rings is 2. The highest BCUT2D eigenvalue weighted by Gasteiger charge is 2.25. The Bertz CT molecular complexity index is 1460. The fourth-order valence-electron chi connectivity index (χ4n) is 4.36. The van der Waals surface area contributed by atoms with Crippen molar-refractivity contribution in [1.29, 1.82) is 10.5 Å². The molecule has 0 amide bonds. The van der Waals surface area contributed by atoms with Crippen LogP contribution in [0.4, 0.5) is 10.1 Å². The summed E-state index contributed by atoms with van der Waals surface area (Å²) < 4.78 is 15.4. The molecule has 1 aliphatic carbocycles. The molecule has 11 heteroatoms. The molecule has 1 saturated carbocycles. The molecule has 0 unspecified atom stereocenters. The number of nitriles is 2. The van der Waals surface area contributed by atoms with Crippen molar-refractivity contribution < 1.29 is 9.23 Å². The molecule has 0 saturated heterocycles. The SMILES string of the molecule is CN(c1c(C#N)c(=O)n(C)c2ccc(C#N)nc12)C1CCCCC1.Cn1nc(F)cc1/C=N\OC(C)(C)C. The minimum atomic E-state index is -0.523. The summed E-state index contributed by atoms with van der Waals surface area (Å²) in [5.41, 5.74) is 2.01. The number of hydrogen-bond acceptors (Lipinski definition) is 8. The molecule has 10 nitrogen and oxygen atoms in total. The Hall–Kier alpha value is -4.25. The second-order valence-corrected chi connectivity index (χ2v) is 10.2. The summed E-state index contributed by atoms with van der Waals surface area (Å²) in [7, 11) is 5.19. The first-order chi connectivity index (χ1) is 18.0. The predicted octanol–water partition coefficient (Wildman–Crippen LogP) is 4.15. The Kier molecular flexibility index (Phi) is 8.84. The summed E-state index contributed by atoms with van der Waals surface area (Å²) >= 11 is 0. The van der Waals surface area contributed by atoms with Gasteiger partial charge in [0.25, 0.3) is 5.56 Å². The maximum Gasteiger partial charge on any atom is 0.270 e. The molecule has 3 aromatic rings. The van der Waals surface area contributed by atoms with Gasteiger partial charge in [-0.3, -0.25) is 9.48 Å². The van der Waals surface area contributed by atoms with Gasteiger partial charge in [-0.1, -0.05) is 24.4 Å². The monoisotopic (exact) mass is 520 g/mol. The lowest BCUT2D eigenvalue weighted by Crippen LogP contribution is -2.36. The van der Waals surface area contributed by atoms with Crippen molar-refractivity contribution in [1.82, 2.24) is 19.3 Å². The molecule has 0 spiro atoms. The van der Waals surface area contributed by atoms with E-state index < -0.39 is 5.95 Å². The Morgan fingerprint density at radius 2 is 1.87 bits per heavy atom.